The second-order valence-electron chi connectivity index (χ2n) is 5.83. The lowest BCUT2D eigenvalue weighted by Gasteiger charge is -2.19. The van der Waals surface area contributed by atoms with E-state index in [1.165, 1.54) is 37.0 Å². The lowest BCUT2D eigenvalue weighted by Crippen LogP contribution is -2.21. The number of hydrogen-bond donors (Lipinski definition) is 1. The Morgan fingerprint density at radius 1 is 1.16 bits per heavy atom. The molecule has 0 amide bonds. The Balaban J connectivity index is 2.04. The molecule has 1 saturated heterocycles. The average Bonchev–Trinajstić information content (AvgIpc) is 2.96. The fraction of sp³-hybridized carbons (Fsp3) is 0.500. The van der Waals surface area contributed by atoms with Crippen LogP contribution >= 0.6 is 0 Å². The van der Waals surface area contributed by atoms with Crippen LogP contribution < -0.4 is 0 Å². The molecule has 2 heterocycles. The Morgan fingerprint density at radius 3 is 2.58 bits per heavy atom. The highest BCUT2D eigenvalue weighted by Gasteiger charge is 2.17. The van der Waals surface area contributed by atoms with Gasteiger partial charge in [-0.15, -0.1) is 0 Å². The number of phenolic OH excluding ortho intramolecular Hbond substituents is 1. The van der Waals surface area contributed by atoms with Crippen LogP contribution in [0.25, 0.3) is 10.9 Å². The Bertz CT molecular complexity index is 580. The smallest absolute Gasteiger partial charge is 0.117 e. The van der Waals surface area contributed by atoms with Gasteiger partial charge in [0.15, 0.2) is 0 Å². The van der Waals surface area contributed by atoms with Crippen molar-refractivity contribution in [2.24, 2.45) is 0 Å². The Kier molecular flexibility index (Phi) is 3.23. The fourth-order valence-corrected chi connectivity index (χ4v) is 3.17. The molecule has 0 bridgehead atoms. The zero-order valence-electron chi connectivity index (χ0n) is 11.8. The third-order valence-electron chi connectivity index (χ3n) is 4.01. The third kappa shape index (κ3) is 2.35. The first-order chi connectivity index (χ1) is 9.15. The first-order valence-electron chi connectivity index (χ1n) is 7.20. The molecule has 3 rings (SSSR count). The molecular formula is C16H22N2O. The zero-order chi connectivity index (χ0) is 13.4. The molecule has 1 fully saturated rings. The van der Waals surface area contributed by atoms with Crippen LogP contribution in [0.4, 0.5) is 0 Å². The van der Waals surface area contributed by atoms with Crippen LogP contribution in [0.5, 0.6) is 5.75 Å². The van der Waals surface area contributed by atoms with E-state index in [2.05, 4.69) is 29.4 Å². The molecule has 0 unspecified atom stereocenters. The number of phenols is 1. The van der Waals surface area contributed by atoms with Gasteiger partial charge in [-0.25, -0.2) is 0 Å². The molecule has 1 N–H and O–H groups in total. The molecule has 1 aromatic carbocycles. The molecule has 0 atom stereocenters. The third-order valence-corrected chi connectivity index (χ3v) is 4.01. The van der Waals surface area contributed by atoms with E-state index in [1.807, 2.05) is 12.1 Å². The first-order valence-corrected chi connectivity index (χ1v) is 7.20. The van der Waals surface area contributed by atoms with Crippen LogP contribution in [0.3, 0.4) is 0 Å². The van der Waals surface area contributed by atoms with Gasteiger partial charge in [-0.3, -0.25) is 4.90 Å². The van der Waals surface area contributed by atoms with Crippen molar-refractivity contribution in [1.29, 1.82) is 0 Å². The molecule has 1 aliphatic heterocycles. The second-order valence-corrected chi connectivity index (χ2v) is 5.83. The Hall–Kier alpha value is -1.48. The number of aromatic nitrogens is 1. The van der Waals surface area contributed by atoms with E-state index < -0.39 is 0 Å². The lowest BCUT2D eigenvalue weighted by molar-refractivity contribution is 0.319. The van der Waals surface area contributed by atoms with Gasteiger partial charge in [-0.1, -0.05) is 0 Å². The average molecular weight is 258 g/mol. The minimum atomic E-state index is 0.347. The van der Waals surface area contributed by atoms with Crippen molar-refractivity contribution in [3.8, 4) is 5.75 Å². The number of nitrogens with zero attached hydrogens (tertiary/aromatic N) is 2. The van der Waals surface area contributed by atoms with E-state index >= 15 is 0 Å². The van der Waals surface area contributed by atoms with Crippen molar-refractivity contribution < 1.29 is 5.11 Å². The summed E-state index contributed by atoms with van der Waals surface area (Å²) in [6.45, 7) is 7.86. The quantitative estimate of drug-likeness (QED) is 0.912. The van der Waals surface area contributed by atoms with E-state index in [1.54, 1.807) is 6.07 Å². The van der Waals surface area contributed by atoms with Crippen molar-refractivity contribution in [2.45, 2.75) is 39.3 Å². The van der Waals surface area contributed by atoms with Crippen molar-refractivity contribution in [2.75, 3.05) is 13.1 Å². The van der Waals surface area contributed by atoms with Crippen LogP contribution in [-0.2, 0) is 6.54 Å². The monoisotopic (exact) mass is 258 g/mol. The lowest BCUT2D eigenvalue weighted by atomic mass is 10.2. The van der Waals surface area contributed by atoms with Gasteiger partial charge in [0.2, 0.25) is 0 Å². The topological polar surface area (TPSA) is 28.4 Å². The second kappa shape index (κ2) is 4.89. The highest BCUT2D eigenvalue weighted by molar-refractivity contribution is 5.83. The maximum absolute atomic E-state index is 9.71. The van der Waals surface area contributed by atoms with Gasteiger partial charge in [0.1, 0.15) is 5.75 Å². The normalized spacial score (nSPS) is 16.8. The maximum Gasteiger partial charge on any atom is 0.117 e. The molecule has 1 aliphatic rings. The first kappa shape index (κ1) is 12.5. The molecule has 19 heavy (non-hydrogen) atoms. The standard InChI is InChI=1S/C16H22N2O/c1-12(2)18-14(11-17-7-3-4-8-17)9-13-5-6-15(19)10-16(13)18/h5-6,9-10,12,19H,3-4,7-8,11H2,1-2H3. The van der Waals surface area contributed by atoms with E-state index in [-0.39, 0.29) is 0 Å². The SMILES string of the molecule is CC(C)n1c(CN2CCCC2)cc2ccc(O)cc21. The van der Waals surface area contributed by atoms with E-state index in [9.17, 15) is 5.11 Å². The molecule has 102 valence electrons. The number of aromatic hydroxyl groups is 1. The molecule has 3 nitrogen and oxygen atoms in total. The summed E-state index contributed by atoms with van der Waals surface area (Å²) in [5.74, 6) is 0.347. The van der Waals surface area contributed by atoms with Gasteiger partial charge in [-0.05, 0) is 58.0 Å². The minimum absolute atomic E-state index is 0.347. The van der Waals surface area contributed by atoms with Crippen LogP contribution in [0.2, 0.25) is 0 Å². The molecule has 2 aromatic rings. The van der Waals surface area contributed by atoms with Gasteiger partial charge in [0.25, 0.3) is 0 Å². The Morgan fingerprint density at radius 2 is 1.89 bits per heavy atom. The zero-order valence-corrected chi connectivity index (χ0v) is 11.8. The van der Waals surface area contributed by atoms with Crippen molar-refractivity contribution in [3.63, 3.8) is 0 Å². The minimum Gasteiger partial charge on any atom is -0.508 e. The summed E-state index contributed by atoms with van der Waals surface area (Å²) in [6, 6.07) is 8.34. The molecular weight excluding hydrogens is 236 g/mol. The predicted molar refractivity (Wildman–Crippen MR) is 78.5 cm³/mol. The number of rotatable bonds is 3. The van der Waals surface area contributed by atoms with Gasteiger partial charge >= 0.3 is 0 Å². The molecule has 0 aliphatic carbocycles. The predicted octanol–water partition coefficient (Wildman–Crippen LogP) is 3.52. The Labute approximate surface area is 114 Å². The molecule has 1 aromatic heterocycles. The highest BCUT2D eigenvalue weighted by atomic mass is 16.3. The van der Waals surface area contributed by atoms with Crippen molar-refractivity contribution in [1.82, 2.24) is 9.47 Å². The summed E-state index contributed by atoms with van der Waals surface area (Å²) in [4.78, 5) is 2.52. The number of fused-ring (bicyclic) bond motifs is 1. The van der Waals surface area contributed by atoms with Crippen molar-refractivity contribution >= 4 is 10.9 Å². The van der Waals surface area contributed by atoms with Gasteiger partial charge < -0.3 is 9.67 Å². The summed E-state index contributed by atoms with van der Waals surface area (Å²) in [5.41, 5.74) is 2.50. The molecule has 0 radical (unpaired) electrons. The fourth-order valence-electron chi connectivity index (χ4n) is 3.17. The van der Waals surface area contributed by atoms with E-state index in [0.717, 1.165) is 12.1 Å². The van der Waals surface area contributed by atoms with Gasteiger partial charge in [0.05, 0.1) is 5.52 Å². The van der Waals surface area contributed by atoms with E-state index in [0.29, 0.717) is 11.8 Å². The summed E-state index contributed by atoms with van der Waals surface area (Å²) in [7, 11) is 0. The highest BCUT2D eigenvalue weighted by Crippen LogP contribution is 2.28. The van der Waals surface area contributed by atoms with Gasteiger partial charge in [-0.2, -0.15) is 0 Å². The number of hydrogen-bond acceptors (Lipinski definition) is 2. The summed E-state index contributed by atoms with van der Waals surface area (Å²) < 4.78 is 2.35. The summed E-state index contributed by atoms with van der Waals surface area (Å²) in [6.07, 6.45) is 2.64. The van der Waals surface area contributed by atoms with Gasteiger partial charge in [0, 0.05) is 29.7 Å². The summed E-state index contributed by atoms with van der Waals surface area (Å²) >= 11 is 0. The number of benzene rings is 1. The number of likely N-dealkylation sites (tertiary alicyclic amines) is 1. The van der Waals surface area contributed by atoms with E-state index in [4.69, 9.17) is 0 Å². The largest absolute Gasteiger partial charge is 0.508 e. The molecule has 0 saturated carbocycles. The summed E-state index contributed by atoms with van der Waals surface area (Å²) in [5, 5.41) is 10.9. The molecule has 0 spiro atoms. The maximum atomic E-state index is 9.71. The van der Waals surface area contributed by atoms with Crippen LogP contribution in [0.1, 0.15) is 38.4 Å². The van der Waals surface area contributed by atoms with Crippen LogP contribution in [0.15, 0.2) is 24.3 Å². The van der Waals surface area contributed by atoms with Crippen molar-refractivity contribution in [3.05, 3.63) is 30.0 Å². The molecule has 3 heteroatoms. The van der Waals surface area contributed by atoms with Crippen LogP contribution in [0, 0.1) is 0 Å². The van der Waals surface area contributed by atoms with Crippen LogP contribution in [-0.4, -0.2) is 27.7 Å².